The standard InChI is InChI=1S/2C12H17NO/c2*1-7(2)11-12(14-6)9(4)8(3)10(5)13-11/h2*1H2,2-6H3. The van der Waals surface area contributed by atoms with Crippen molar-refractivity contribution < 1.29 is 9.47 Å². The predicted molar refractivity (Wildman–Crippen MR) is 119 cm³/mol. The Kier molecular flexibility index (Phi) is 7.98. The van der Waals surface area contributed by atoms with Crippen molar-refractivity contribution in [2.45, 2.75) is 55.4 Å². The van der Waals surface area contributed by atoms with Crippen LogP contribution in [0.1, 0.15) is 58.9 Å². The Hall–Kier alpha value is -2.62. The number of methoxy groups -OCH3 is 2. The van der Waals surface area contributed by atoms with E-state index in [0.717, 1.165) is 56.5 Å². The second kappa shape index (κ2) is 9.54. The van der Waals surface area contributed by atoms with Gasteiger partial charge in [0.25, 0.3) is 0 Å². The summed E-state index contributed by atoms with van der Waals surface area (Å²) in [4.78, 5) is 8.96. The Labute approximate surface area is 170 Å². The fourth-order valence-electron chi connectivity index (χ4n) is 2.92. The smallest absolute Gasteiger partial charge is 0.147 e. The van der Waals surface area contributed by atoms with Crippen molar-refractivity contribution in [1.29, 1.82) is 0 Å². The molecule has 0 fully saturated rings. The van der Waals surface area contributed by atoms with Gasteiger partial charge >= 0.3 is 0 Å². The van der Waals surface area contributed by atoms with Gasteiger partial charge < -0.3 is 9.47 Å². The zero-order valence-electron chi connectivity index (χ0n) is 19.1. The number of aryl methyl sites for hydroxylation is 2. The van der Waals surface area contributed by atoms with Crippen molar-refractivity contribution in [1.82, 2.24) is 9.97 Å². The molecule has 2 heterocycles. The first-order valence-electron chi connectivity index (χ1n) is 9.33. The fraction of sp³-hybridized carbons (Fsp3) is 0.417. The van der Waals surface area contributed by atoms with Gasteiger partial charge in [0.05, 0.1) is 14.2 Å². The van der Waals surface area contributed by atoms with Crippen LogP contribution in [-0.2, 0) is 0 Å². The minimum atomic E-state index is 0.848. The van der Waals surface area contributed by atoms with Gasteiger partial charge in [-0.05, 0) is 88.8 Å². The maximum absolute atomic E-state index is 5.35. The summed E-state index contributed by atoms with van der Waals surface area (Å²) < 4.78 is 10.7. The van der Waals surface area contributed by atoms with Gasteiger partial charge in [0.2, 0.25) is 0 Å². The molecule has 28 heavy (non-hydrogen) atoms. The lowest BCUT2D eigenvalue weighted by molar-refractivity contribution is 0.407. The average Bonchev–Trinajstić information content (AvgIpc) is 2.64. The molecule has 0 bridgehead atoms. The molecule has 0 unspecified atom stereocenters. The monoisotopic (exact) mass is 382 g/mol. The first kappa shape index (κ1) is 23.4. The van der Waals surface area contributed by atoms with Crippen LogP contribution in [0.3, 0.4) is 0 Å². The summed E-state index contributed by atoms with van der Waals surface area (Å²) in [6, 6.07) is 0. The fourth-order valence-corrected chi connectivity index (χ4v) is 2.92. The highest BCUT2D eigenvalue weighted by atomic mass is 16.5. The predicted octanol–water partition coefficient (Wildman–Crippen LogP) is 6.10. The molecule has 2 rings (SSSR count). The third kappa shape index (κ3) is 4.80. The minimum absolute atomic E-state index is 0.848. The van der Waals surface area contributed by atoms with E-state index >= 15 is 0 Å². The quantitative estimate of drug-likeness (QED) is 0.641. The summed E-state index contributed by atoms with van der Waals surface area (Å²) in [5.41, 5.74) is 10.4. The van der Waals surface area contributed by atoms with Crippen LogP contribution >= 0.6 is 0 Å². The van der Waals surface area contributed by atoms with Crippen molar-refractivity contribution >= 4 is 11.1 Å². The van der Waals surface area contributed by atoms with Crippen LogP contribution in [-0.4, -0.2) is 24.2 Å². The van der Waals surface area contributed by atoms with Gasteiger partial charge in [-0.25, -0.2) is 9.97 Å². The highest BCUT2D eigenvalue weighted by molar-refractivity contribution is 5.67. The number of pyridine rings is 2. The molecule has 0 atom stereocenters. The Balaban J connectivity index is 0.000000280. The number of hydrogen-bond acceptors (Lipinski definition) is 4. The van der Waals surface area contributed by atoms with Crippen LogP contribution in [0.4, 0.5) is 0 Å². The largest absolute Gasteiger partial charge is 0.494 e. The Morgan fingerprint density at radius 3 is 1.11 bits per heavy atom. The van der Waals surface area contributed by atoms with E-state index in [4.69, 9.17) is 9.47 Å². The first-order valence-corrected chi connectivity index (χ1v) is 9.33. The molecule has 0 aliphatic heterocycles. The van der Waals surface area contributed by atoms with Crippen LogP contribution in [0.2, 0.25) is 0 Å². The normalized spacial score (nSPS) is 10.1. The third-order valence-corrected chi connectivity index (χ3v) is 5.10. The van der Waals surface area contributed by atoms with Crippen molar-refractivity contribution in [2.75, 3.05) is 14.2 Å². The number of allylic oxidation sites excluding steroid dienone is 2. The van der Waals surface area contributed by atoms with Gasteiger partial charge in [0, 0.05) is 11.4 Å². The Morgan fingerprint density at radius 2 is 0.893 bits per heavy atom. The minimum Gasteiger partial charge on any atom is -0.494 e. The van der Waals surface area contributed by atoms with Crippen molar-refractivity contribution in [3.8, 4) is 11.5 Å². The molecule has 0 aromatic carbocycles. The lowest BCUT2D eigenvalue weighted by Gasteiger charge is -2.14. The second-order valence-electron chi connectivity index (χ2n) is 7.22. The van der Waals surface area contributed by atoms with Crippen molar-refractivity contribution in [2.24, 2.45) is 0 Å². The van der Waals surface area contributed by atoms with Gasteiger partial charge in [-0.2, -0.15) is 0 Å². The first-order chi connectivity index (χ1) is 13.0. The Morgan fingerprint density at radius 1 is 0.607 bits per heavy atom. The van der Waals surface area contributed by atoms with Crippen LogP contribution in [0, 0.1) is 41.5 Å². The maximum atomic E-state index is 5.35. The van der Waals surface area contributed by atoms with E-state index < -0.39 is 0 Å². The zero-order valence-corrected chi connectivity index (χ0v) is 19.1. The van der Waals surface area contributed by atoms with E-state index in [1.807, 2.05) is 27.7 Å². The molecule has 0 saturated carbocycles. The van der Waals surface area contributed by atoms with Crippen LogP contribution in [0.25, 0.3) is 11.1 Å². The van der Waals surface area contributed by atoms with Crippen LogP contribution < -0.4 is 9.47 Å². The summed E-state index contributed by atoms with van der Waals surface area (Å²) in [6.45, 7) is 23.9. The van der Waals surface area contributed by atoms with E-state index in [0.29, 0.717) is 0 Å². The van der Waals surface area contributed by atoms with Gasteiger partial charge in [0.1, 0.15) is 22.9 Å². The molecular weight excluding hydrogens is 348 g/mol. The average molecular weight is 383 g/mol. The molecule has 2 aromatic heterocycles. The molecule has 0 saturated heterocycles. The van der Waals surface area contributed by atoms with Crippen LogP contribution in [0.5, 0.6) is 11.5 Å². The van der Waals surface area contributed by atoms with Crippen molar-refractivity contribution in [3.05, 3.63) is 58.2 Å². The molecule has 0 amide bonds. The van der Waals surface area contributed by atoms with Crippen molar-refractivity contribution in [3.63, 3.8) is 0 Å². The molecule has 0 spiro atoms. The summed E-state index contributed by atoms with van der Waals surface area (Å²) in [5.74, 6) is 1.70. The van der Waals surface area contributed by atoms with E-state index in [1.54, 1.807) is 14.2 Å². The summed E-state index contributed by atoms with van der Waals surface area (Å²) >= 11 is 0. The lowest BCUT2D eigenvalue weighted by atomic mass is 10.0. The zero-order chi connectivity index (χ0) is 21.8. The molecule has 0 aliphatic rings. The second-order valence-corrected chi connectivity index (χ2v) is 7.22. The van der Waals surface area contributed by atoms with Gasteiger partial charge in [-0.3, -0.25) is 0 Å². The van der Waals surface area contributed by atoms with Gasteiger partial charge in [-0.1, -0.05) is 13.2 Å². The number of hydrogen-bond donors (Lipinski definition) is 0. The van der Waals surface area contributed by atoms with Crippen LogP contribution in [0.15, 0.2) is 13.2 Å². The van der Waals surface area contributed by atoms with E-state index in [1.165, 1.54) is 11.1 Å². The maximum Gasteiger partial charge on any atom is 0.147 e. The van der Waals surface area contributed by atoms with E-state index in [9.17, 15) is 0 Å². The molecule has 4 heteroatoms. The molecular formula is C24H34N2O2. The number of aromatic nitrogens is 2. The highest BCUT2D eigenvalue weighted by Gasteiger charge is 2.13. The topological polar surface area (TPSA) is 44.2 Å². The molecule has 152 valence electrons. The number of rotatable bonds is 4. The number of nitrogens with zero attached hydrogens (tertiary/aromatic N) is 2. The lowest BCUT2D eigenvalue weighted by Crippen LogP contribution is -2.01. The summed E-state index contributed by atoms with van der Waals surface area (Å²) in [7, 11) is 3.34. The van der Waals surface area contributed by atoms with E-state index in [-0.39, 0.29) is 0 Å². The Bertz CT molecular complexity index is 836. The van der Waals surface area contributed by atoms with Gasteiger partial charge in [0.15, 0.2) is 0 Å². The third-order valence-electron chi connectivity index (χ3n) is 5.10. The number of ether oxygens (including phenoxy) is 2. The molecule has 2 aromatic rings. The molecule has 0 radical (unpaired) electrons. The summed E-state index contributed by atoms with van der Waals surface area (Å²) in [6.07, 6.45) is 0. The summed E-state index contributed by atoms with van der Waals surface area (Å²) in [5, 5.41) is 0. The highest BCUT2D eigenvalue weighted by Crippen LogP contribution is 2.31. The SMILES string of the molecule is C=C(C)c1nc(C)c(C)c(C)c1OC.C=C(C)c1nc(C)c(C)c(C)c1OC. The molecule has 4 nitrogen and oxygen atoms in total. The van der Waals surface area contributed by atoms with Gasteiger partial charge in [-0.15, -0.1) is 0 Å². The molecule has 0 aliphatic carbocycles. The van der Waals surface area contributed by atoms with E-state index in [2.05, 4.69) is 50.8 Å². The molecule has 0 N–H and O–H groups in total.